The molecule has 0 aliphatic carbocycles. The highest BCUT2D eigenvalue weighted by atomic mass is 79.9. The van der Waals surface area contributed by atoms with Gasteiger partial charge in [0.2, 0.25) is 0 Å². The van der Waals surface area contributed by atoms with Gasteiger partial charge in [0.15, 0.2) is 6.61 Å². The van der Waals surface area contributed by atoms with Crippen molar-refractivity contribution in [2.24, 2.45) is 0 Å². The average Bonchev–Trinajstić information content (AvgIpc) is 2.50. The summed E-state index contributed by atoms with van der Waals surface area (Å²) in [4.78, 5) is 13.3. The summed E-state index contributed by atoms with van der Waals surface area (Å²) in [6.07, 6.45) is 0. The Morgan fingerprint density at radius 1 is 1.43 bits per heavy atom. The second-order valence-corrected chi connectivity index (χ2v) is 5.47. The summed E-state index contributed by atoms with van der Waals surface area (Å²) in [5, 5.41) is 3.28. The first-order valence-electron chi connectivity index (χ1n) is 6.93. The number of methoxy groups -OCH3 is 1. The third-order valence-electron chi connectivity index (χ3n) is 3.08. The number of hydrogen-bond acceptors (Lipinski definition) is 4. The zero-order valence-corrected chi connectivity index (χ0v) is 14.4. The SMILES string of the molecule is CCN(C)C(=O)COc1ccc(Br)c(CNCCOC)c1. The van der Waals surface area contributed by atoms with Crippen molar-refractivity contribution in [3.8, 4) is 5.75 Å². The van der Waals surface area contributed by atoms with Crippen molar-refractivity contribution in [3.05, 3.63) is 28.2 Å². The van der Waals surface area contributed by atoms with Crippen LogP contribution >= 0.6 is 15.9 Å². The molecule has 0 atom stereocenters. The molecule has 0 bridgehead atoms. The van der Waals surface area contributed by atoms with Gasteiger partial charge in [-0.2, -0.15) is 0 Å². The molecule has 118 valence electrons. The smallest absolute Gasteiger partial charge is 0.260 e. The monoisotopic (exact) mass is 358 g/mol. The number of nitrogens with one attached hydrogen (secondary N) is 1. The van der Waals surface area contributed by atoms with E-state index in [1.807, 2.05) is 25.1 Å². The molecular weight excluding hydrogens is 336 g/mol. The largest absolute Gasteiger partial charge is 0.484 e. The summed E-state index contributed by atoms with van der Waals surface area (Å²) < 4.78 is 11.6. The van der Waals surface area contributed by atoms with Gasteiger partial charge in [-0.15, -0.1) is 0 Å². The van der Waals surface area contributed by atoms with Gasteiger partial charge in [-0.05, 0) is 30.7 Å². The summed E-state index contributed by atoms with van der Waals surface area (Å²) in [7, 11) is 3.44. The standard InChI is InChI=1S/C15H23BrN2O3/c1-4-18(2)15(19)11-21-13-5-6-14(16)12(9-13)10-17-7-8-20-3/h5-6,9,17H,4,7-8,10-11H2,1-3H3. The van der Waals surface area contributed by atoms with Crippen LogP contribution in [0.15, 0.2) is 22.7 Å². The molecule has 6 heteroatoms. The molecule has 1 amide bonds. The predicted molar refractivity (Wildman–Crippen MR) is 86.5 cm³/mol. The molecule has 5 nitrogen and oxygen atoms in total. The minimum absolute atomic E-state index is 0.0276. The lowest BCUT2D eigenvalue weighted by Gasteiger charge is -2.15. The summed E-state index contributed by atoms with van der Waals surface area (Å²) in [6, 6.07) is 5.71. The first kappa shape index (κ1) is 17.9. The highest BCUT2D eigenvalue weighted by molar-refractivity contribution is 9.10. The second-order valence-electron chi connectivity index (χ2n) is 4.62. The number of hydrogen-bond donors (Lipinski definition) is 1. The van der Waals surface area contributed by atoms with Crippen molar-refractivity contribution in [1.29, 1.82) is 0 Å². The number of carbonyl (C=O) groups excluding carboxylic acids is 1. The van der Waals surface area contributed by atoms with E-state index < -0.39 is 0 Å². The maximum atomic E-state index is 11.7. The lowest BCUT2D eigenvalue weighted by Crippen LogP contribution is -2.31. The van der Waals surface area contributed by atoms with Gasteiger partial charge in [0, 0.05) is 38.3 Å². The lowest BCUT2D eigenvalue weighted by atomic mass is 10.2. The van der Waals surface area contributed by atoms with Crippen molar-refractivity contribution in [2.45, 2.75) is 13.5 Å². The van der Waals surface area contributed by atoms with Crippen molar-refractivity contribution >= 4 is 21.8 Å². The van der Waals surface area contributed by atoms with Crippen molar-refractivity contribution in [1.82, 2.24) is 10.2 Å². The minimum Gasteiger partial charge on any atom is -0.484 e. The molecule has 0 aromatic heterocycles. The number of ether oxygens (including phenoxy) is 2. The van der Waals surface area contributed by atoms with Crippen LogP contribution in [-0.4, -0.2) is 51.3 Å². The quantitative estimate of drug-likeness (QED) is 0.686. The van der Waals surface area contributed by atoms with Crippen LogP contribution in [0.25, 0.3) is 0 Å². The van der Waals surface area contributed by atoms with E-state index in [0.29, 0.717) is 25.4 Å². The Balaban J connectivity index is 2.54. The van der Waals surface area contributed by atoms with Gasteiger partial charge >= 0.3 is 0 Å². The summed E-state index contributed by atoms with van der Waals surface area (Å²) in [5.41, 5.74) is 1.08. The van der Waals surface area contributed by atoms with Crippen LogP contribution in [0.1, 0.15) is 12.5 Å². The number of rotatable bonds is 9. The minimum atomic E-state index is -0.0276. The van der Waals surface area contributed by atoms with Crippen LogP contribution in [0, 0.1) is 0 Å². The van der Waals surface area contributed by atoms with Gasteiger partial charge in [-0.3, -0.25) is 4.79 Å². The summed E-state index contributed by atoms with van der Waals surface area (Å²) >= 11 is 3.51. The molecule has 0 saturated carbocycles. The highest BCUT2D eigenvalue weighted by Crippen LogP contribution is 2.22. The van der Waals surface area contributed by atoms with Gasteiger partial charge in [0.1, 0.15) is 5.75 Å². The molecule has 1 aromatic rings. The van der Waals surface area contributed by atoms with Gasteiger partial charge in [0.05, 0.1) is 6.61 Å². The first-order valence-corrected chi connectivity index (χ1v) is 7.72. The molecule has 0 heterocycles. The van der Waals surface area contributed by atoms with Crippen LogP contribution in [0.5, 0.6) is 5.75 Å². The predicted octanol–water partition coefficient (Wildman–Crippen LogP) is 2.04. The third kappa shape index (κ3) is 6.46. The molecule has 0 saturated heterocycles. The fourth-order valence-electron chi connectivity index (χ4n) is 1.61. The molecular formula is C15H23BrN2O3. The molecule has 0 fully saturated rings. The molecule has 0 spiro atoms. The number of carbonyl (C=O) groups is 1. The third-order valence-corrected chi connectivity index (χ3v) is 3.85. The van der Waals surface area contributed by atoms with Crippen LogP contribution in [-0.2, 0) is 16.1 Å². The van der Waals surface area contributed by atoms with Crippen LogP contribution in [0.3, 0.4) is 0 Å². The number of benzene rings is 1. The van der Waals surface area contributed by atoms with E-state index in [1.54, 1.807) is 19.1 Å². The summed E-state index contributed by atoms with van der Waals surface area (Å²) in [6.45, 7) is 4.84. The lowest BCUT2D eigenvalue weighted by molar-refractivity contribution is -0.131. The topological polar surface area (TPSA) is 50.8 Å². The Labute approximate surface area is 134 Å². The van der Waals surface area contributed by atoms with Crippen LogP contribution < -0.4 is 10.1 Å². The highest BCUT2D eigenvalue weighted by Gasteiger charge is 2.08. The van der Waals surface area contributed by atoms with Gasteiger partial charge < -0.3 is 19.7 Å². The Morgan fingerprint density at radius 2 is 2.19 bits per heavy atom. The van der Waals surface area contributed by atoms with Crippen molar-refractivity contribution < 1.29 is 14.3 Å². The molecule has 0 radical (unpaired) electrons. The molecule has 1 N–H and O–H groups in total. The molecule has 0 aliphatic heterocycles. The average molecular weight is 359 g/mol. The van der Waals surface area contributed by atoms with E-state index in [9.17, 15) is 4.79 Å². The zero-order chi connectivity index (χ0) is 15.7. The maximum Gasteiger partial charge on any atom is 0.260 e. The van der Waals surface area contributed by atoms with E-state index >= 15 is 0 Å². The van der Waals surface area contributed by atoms with Gasteiger partial charge in [-0.1, -0.05) is 15.9 Å². The van der Waals surface area contributed by atoms with E-state index in [2.05, 4.69) is 21.2 Å². The van der Waals surface area contributed by atoms with E-state index in [0.717, 1.165) is 16.6 Å². The normalized spacial score (nSPS) is 10.5. The maximum absolute atomic E-state index is 11.7. The Hall–Kier alpha value is -1.11. The van der Waals surface area contributed by atoms with Crippen molar-refractivity contribution in [2.75, 3.05) is 40.5 Å². The first-order chi connectivity index (χ1) is 10.1. The zero-order valence-electron chi connectivity index (χ0n) is 12.8. The number of nitrogens with zero attached hydrogens (tertiary/aromatic N) is 1. The van der Waals surface area contributed by atoms with Crippen LogP contribution in [0.4, 0.5) is 0 Å². The Morgan fingerprint density at radius 3 is 2.86 bits per heavy atom. The molecule has 0 unspecified atom stereocenters. The number of likely N-dealkylation sites (N-methyl/N-ethyl adjacent to an activating group) is 1. The Kier molecular flexibility index (Phi) is 8.34. The molecule has 1 rings (SSSR count). The number of halogens is 1. The van der Waals surface area contributed by atoms with Gasteiger partial charge in [0.25, 0.3) is 5.91 Å². The van der Waals surface area contributed by atoms with Gasteiger partial charge in [-0.25, -0.2) is 0 Å². The van der Waals surface area contributed by atoms with Crippen molar-refractivity contribution in [3.63, 3.8) is 0 Å². The molecule has 0 aliphatic rings. The summed E-state index contributed by atoms with van der Waals surface area (Å²) in [5.74, 6) is 0.666. The molecule has 1 aromatic carbocycles. The molecule has 21 heavy (non-hydrogen) atoms. The van der Waals surface area contributed by atoms with E-state index in [4.69, 9.17) is 9.47 Å². The van der Waals surface area contributed by atoms with E-state index in [-0.39, 0.29) is 12.5 Å². The fourth-order valence-corrected chi connectivity index (χ4v) is 1.99. The fraction of sp³-hybridized carbons (Fsp3) is 0.533. The van der Waals surface area contributed by atoms with E-state index in [1.165, 1.54) is 0 Å². The second kappa shape index (κ2) is 9.76. The number of amides is 1. The Bertz CT molecular complexity index is 455. The van der Waals surface area contributed by atoms with Crippen LogP contribution in [0.2, 0.25) is 0 Å².